The summed E-state index contributed by atoms with van der Waals surface area (Å²) in [6, 6.07) is -0.890. The van der Waals surface area contributed by atoms with Gasteiger partial charge in [0.05, 0.1) is 0 Å². The van der Waals surface area contributed by atoms with E-state index in [1.807, 2.05) is 0 Å². The molecule has 5 fully saturated rings. The van der Waals surface area contributed by atoms with Crippen LogP contribution >= 0.6 is 0 Å². The van der Waals surface area contributed by atoms with Gasteiger partial charge in [0, 0.05) is 25.0 Å². The predicted molar refractivity (Wildman–Crippen MR) is 94.4 cm³/mol. The third-order valence-electron chi connectivity index (χ3n) is 6.90. The zero-order valence-electron chi connectivity index (χ0n) is 15.2. The molecule has 5 aliphatic rings. The molecular formula is C19H29N3O4. The Kier molecular flexibility index (Phi) is 4.57. The van der Waals surface area contributed by atoms with Crippen molar-refractivity contribution in [3.63, 3.8) is 0 Å². The highest BCUT2D eigenvalue weighted by molar-refractivity contribution is 5.84. The molecule has 5 rings (SSSR count). The molecule has 26 heavy (non-hydrogen) atoms. The van der Waals surface area contributed by atoms with E-state index in [0.29, 0.717) is 13.0 Å². The third kappa shape index (κ3) is 3.40. The van der Waals surface area contributed by atoms with Gasteiger partial charge >= 0.3 is 12.0 Å². The van der Waals surface area contributed by atoms with Crippen molar-refractivity contribution >= 4 is 17.9 Å². The van der Waals surface area contributed by atoms with Crippen molar-refractivity contribution in [3.8, 4) is 0 Å². The molecule has 4 saturated carbocycles. The molecule has 0 aromatic heterocycles. The lowest BCUT2D eigenvalue weighted by Crippen LogP contribution is -2.61. The van der Waals surface area contributed by atoms with Gasteiger partial charge in [-0.05, 0) is 69.1 Å². The summed E-state index contributed by atoms with van der Waals surface area (Å²) in [6.07, 6.45) is 8.67. The number of hydrogen-bond donors (Lipinski definition) is 3. The normalized spacial score (nSPS) is 37.6. The van der Waals surface area contributed by atoms with Gasteiger partial charge in [0.1, 0.15) is 6.04 Å². The zero-order chi connectivity index (χ0) is 18.3. The van der Waals surface area contributed by atoms with E-state index < -0.39 is 12.0 Å². The molecule has 3 N–H and O–H groups in total. The molecule has 0 spiro atoms. The Hall–Kier alpha value is -1.79. The fourth-order valence-electron chi connectivity index (χ4n) is 6.30. The van der Waals surface area contributed by atoms with E-state index in [-0.39, 0.29) is 30.4 Å². The number of nitrogens with zero attached hydrogens (tertiary/aromatic N) is 1. The molecular weight excluding hydrogens is 334 g/mol. The minimum absolute atomic E-state index is 0.0355. The number of amides is 3. The van der Waals surface area contributed by atoms with Crippen molar-refractivity contribution in [2.75, 3.05) is 13.1 Å². The molecule has 0 aromatic rings. The van der Waals surface area contributed by atoms with E-state index in [0.717, 1.165) is 43.4 Å². The Morgan fingerprint density at radius 3 is 2.23 bits per heavy atom. The second-order valence-electron chi connectivity index (χ2n) is 8.91. The van der Waals surface area contributed by atoms with Crippen molar-refractivity contribution in [1.82, 2.24) is 15.5 Å². The van der Waals surface area contributed by atoms with Gasteiger partial charge in [0.15, 0.2) is 0 Å². The lowest BCUT2D eigenvalue weighted by Gasteiger charge is -2.56. The van der Waals surface area contributed by atoms with Gasteiger partial charge in [-0.2, -0.15) is 0 Å². The fourth-order valence-corrected chi connectivity index (χ4v) is 6.30. The molecule has 0 aromatic carbocycles. The van der Waals surface area contributed by atoms with Gasteiger partial charge in [-0.15, -0.1) is 0 Å². The second kappa shape index (κ2) is 6.74. The van der Waals surface area contributed by atoms with E-state index in [1.165, 1.54) is 24.2 Å². The van der Waals surface area contributed by atoms with Crippen molar-refractivity contribution < 1.29 is 19.5 Å². The van der Waals surface area contributed by atoms with Gasteiger partial charge in [-0.25, -0.2) is 9.59 Å². The number of carbonyl (C=O) groups excluding carboxylic acids is 2. The summed E-state index contributed by atoms with van der Waals surface area (Å²) in [5, 5.41) is 15.2. The van der Waals surface area contributed by atoms with Crippen LogP contribution in [0.2, 0.25) is 0 Å². The summed E-state index contributed by atoms with van der Waals surface area (Å²) in [7, 11) is 0. The summed E-state index contributed by atoms with van der Waals surface area (Å²) in [5.74, 6) is 1.18. The topological polar surface area (TPSA) is 98.7 Å². The molecule has 3 amide bonds. The molecule has 1 saturated heterocycles. The summed E-state index contributed by atoms with van der Waals surface area (Å²) >= 11 is 0. The average molecular weight is 363 g/mol. The number of carboxylic acids is 1. The van der Waals surface area contributed by atoms with Crippen LogP contribution in [0.3, 0.4) is 0 Å². The number of rotatable bonds is 5. The van der Waals surface area contributed by atoms with Crippen LogP contribution in [0.4, 0.5) is 4.79 Å². The first-order valence-electron chi connectivity index (χ1n) is 10.0. The molecule has 7 nitrogen and oxygen atoms in total. The number of urea groups is 1. The van der Waals surface area contributed by atoms with Crippen LogP contribution in [0.1, 0.15) is 57.8 Å². The maximum absolute atomic E-state index is 12.4. The minimum atomic E-state index is -0.941. The first-order chi connectivity index (χ1) is 12.4. The summed E-state index contributed by atoms with van der Waals surface area (Å²) < 4.78 is 0. The average Bonchev–Trinajstić information content (AvgIpc) is 3.02. The standard InChI is InChI=1S/C19H29N3O4/c23-16(22-5-1-2-15(22)17(24)25)3-4-20-18(26)21-19-9-12-6-13(10-19)8-14(7-12)11-19/h12-15H,1-11H2,(H,24,25)(H2,20,21,26)/t12?,13?,14?,15-,19?/m1/s1. The van der Waals surface area contributed by atoms with Crippen molar-refractivity contribution in [2.24, 2.45) is 17.8 Å². The number of aliphatic carboxylic acids is 1. The highest BCUT2D eigenvalue weighted by atomic mass is 16.4. The van der Waals surface area contributed by atoms with Crippen LogP contribution in [0.5, 0.6) is 0 Å². The molecule has 7 heteroatoms. The summed E-state index contributed by atoms with van der Waals surface area (Å²) in [5.41, 5.74) is -0.0355. The Morgan fingerprint density at radius 1 is 1.04 bits per heavy atom. The minimum Gasteiger partial charge on any atom is -0.480 e. The number of hydrogen-bond acceptors (Lipinski definition) is 3. The smallest absolute Gasteiger partial charge is 0.326 e. The largest absolute Gasteiger partial charge is 0.480 e. The highest BCUT2D eigenvalue weighted by Crippen LogP contribution is 2.55. The van der Waals surface area contributed by atoms with Crippen molar-refractivity contribution in [3.05, 3.63) is 0 Å². The zero-order valence-corrected chi connectivity index (χ0v) is 15.2. The van der Waals surface area contributed by atoms with Crippen LogP contribution in [0.25, 0.3) is 0 Å². The maximum atomic E-state index is 12.4. The number of carbonyl (C=O) groups is 3. The van der Waals surface area contributed by atoms with E-state index in [4.69, 9.17) is 5.11 Å². The van der Waals surface area contributed by atoms with Crippen LogP contribution in [-0.2, 0) is 9.59 Å². The van der Waals surface area contributed by atoms with Gasteiger partial charge < -0.3 is 20.6 Å². The van der Waals surface area contributed by atoms with Gasteiger partial charge in [0.25, 0.3) is 0 Å². The molecule has 144 valence electrons. The van der Waals surface area contributed by atoms with E-state index in [2.05, 4.69) is 10.6 Å². The van der Waals surface area contributed by atoms with Gasteiger partial charge in [-0.1, -0.05) is 0 Å². The molecule has 1 aliphatic heterocycles. The molecule has 0 unspecified atom stereocenters. The number of carboxylic acid groups (broad SMARTS) is 1. The summed E-state index contributed by atoms with van der Waals surface area (Å²) in [6.45, 7) is 0.745. The van der Waals surface area contributed by atoms with E-state index >= 15 is 0 Å². The predicted octanol–water partition coefficient (Wildman–Crippen LogP) is 1.72. The highest BCUT2D eigenvalue weighted by Gasteiger charge is 2.51. The molecule has 1 heterocycles. The lowest BCUT2D eigenvalue weighted by molar-refractivity contribution is -0.148. The SMILES string of the molecule is O=C(NCCC(=O)N1CCC[C@@H]1C(=O)O)NC12CC3CC(CC(C3)C1)C2. The third-order valence-corrected chi connectivity index (χ3v) is 6.90. The molecule has 4 aliphatic carbocycles. The van der Waals surface area contributed by atoms with E-state index in [1.54, 1.807) is 0 Å². The van der Waals surface area contributed by atoms with Crippen LogP contribution in [-0.4, -0.2) is 52.6 Å². The van der Waals surface area contributed by atoms with Crippen molar-refractivity contribution in [1.29, 1.82) is 0 Å². The van der Waals surface area contributed by atoms with Crippen LogP contribution < -0.4 is 10.6 Å². The van der Waals surface area contributed by atoms with Gasteiger partial charge in [-0.3, -0.25) is 4.79 Å². The Labute approximate surface area is 153 Å². The Balaban J connectivity index is 1.23. The monoisotopic (exact) mass is 363 g/mol. The number of nitrogens with one attached hydrogen (secondary N) is 2. The molecule has 0 radical (unpaired) electrons. The van der Waals surface area contributed by atoms with E-state index in [9.17, 15) is 14.4 Å². The Morgan fingerprint density at radius 2 is 1.65 bits per heavy atom. The Bertz CT molecular complexity index is 570. The first-order valence-corrected chi connectivity index (χ1v) is 10.0. The van der Waals surface area contributed by atoms with Crippen LogP contribution in [0.15, 0.2) is 0 Å². The quantitative estimate of drug-likeness (QED) is 0.693. The lowest BCUT2D eigenvalue weighted by atomic mass is 9.53. The molecule has 4 bridgehead atoms. The molecule has 1 atom stereocenters. The van der Waals surface area contributed by atoms with Crippen molar-refractivity contribution in [2.45, 2.75) is 69.4 Å². The number of likely N-dealkylation sites (tertiary alicyclic amines) is 1. The maximum Gasteiger partial charge on any atom is 0.326 e. The van der Waals surface area contributed by atoms with Gasteiger partial charge in [0.2, 0.25) is 5.91 Å². The second-order valence-corrected chi connectivity index (χ2v) is 8.91. The van der Waals surface area contributed by atoms with Crippen LogP contribution in [0, 0.1) is 17.8 Å². The summed E-state index contributed by atoms with van der Waals surface area (Å²) in [4.78, 5) is 37.2. The fraction of sp³-hybridized carbons (Fsp3) is 0.842. The first kappa shape index (κ1) is 17.6.